The number of benzene rings is 2. The molecule has 1 amide bonds. The van der Waals surface area contributed by atoms with Crippen molar-refractivity contribution < 1.29 is 4.79 Å². The van der Waals surface area contributed by atoms with Crippen molar-refractivity contribution in [1.29, 1.82) is 5.26 Å². The van der Waals surface area contributed by atoms with Crippen LogP contribution >= 0.6 is 11.8 Å². The van der Waals surface area contributed by atoms with Crippen LogP contribution < -0.4 is 10.9 Å². The van der Waals surface area contributed by atoms with Gasteiger partial charge in [0.1, 0.15) is 11.6 Å². The second-order valence-corrected chi connectivity index (χ2v) is 9.77. The summed E-state index contributed by atoms with van der Waals surface area (Å²) < 4.78 is 3.50. The van der Waals surface area contributed by atoms with Gasteiger partial charge >= 0.3 is 0 Å². The topological polar surface area (TPSA) is 106 Å². The van der Waals surface area contributed by atoms with E-state index in [1.807, 2.05) is 37.3 Å². The molecule has 0 saturated heterocycles. The van der Waals surface area contributed by atoms with Crippen LogP contribution in [-0.4, -0.2) is 30.5 Å². The highest BCUT2D eigenvalue weighted by Crippen LogP contribution is 2.32. The third-order valence-electron chi connectivity index (χ3n) is 6.12. The zero-order chi connectivity index (χ0) is 24.4. The van der Waals surface area contributed by atoms with Crippen molar-refractivity contribution in [3.63, 3.8) is 0 Å². The number of anilines is 1. The monoisotopic (exact) mass is 484 g/mol. The highest BCUT2D eigenvalue weighted by Gasteiger charge is 2.28. The van der Waals surface area contributed by atoms with Crippen LogP contribution in [0.2, 0.25) is 0 Å². The first-order valence-electron chi connectivity index (χ1n) is 11.6. The summed E-state index contributed by atoms with van der Waals surface area (Å²) in [6.07, 6.45) is 3.80. The van der Waals surface area contributed by atoms with Crippen LogP contribution in [0.5, 0.6) is 0 Å². The maximum atomic E-state index is 13.4. The van der Waals surface area contributed by atoms with Crippen LogP contribution in [0.4, 0.5) is 5.69 Å². The molecule has 2 aromatic carbocycles. The van der Waals surface area contributed by atoms with Gasteiger partial charge in [0.05, 0.1) is 22.2 Å². The summed E-state index contributed by atoms with van der Waals surface area (Å²) in [6.45, 7) is 2.55. The van der Waals surface area contributed by atoms with Gasteiger partial charge in [-0.2, -0.15) is 9.94 Å². The van der Waals surface area contributed by atoms with Gasteiger partial charge in [-0.05, 0) is 50.5 Å². The van der Waals surface area contributed by atoms with Gasteiger partial charge in [0.2, 0.25) is 5.91 Å². The first kappa shape index (κ1) is 22.9. The van der Waals surface area contributed by atoms with Crippen LogP contribution in [0.3, 0.4) is 0 Å². The maximum Gasteiger partial charge on any atom is 0.284 e. The zero-order valence-electron chi connectivity index (χ0n) is 19.3. The smallest absolute Gasteiger partial charge is 0.284 e. The van der Waals surface area contributed by atoms with Crippen molar-refractivity contribution in [2.75, 3.05) is 5.32 Å². The number of para-hydroxylation sites is 2. The van der Waals surface area contributed by atoms with Gasteiger partial charge in [0.15, 0.2) is 11.0 Å². The first-order valence-corrected chi connectivity index (χ1v) is 12.5. The summed E-state index contributed by atoms with van der Waals surface area (Å²) in [7, 11) is 0. The van der Waals surface area contributed by atoms with E-state index in [4.69, 9.17) is 4.98 Å². The molecule has 0 radical (unpaired) electrons. The molecule has 0 spiro atoms. The number of rotatable bonds is 5. The van der Waals surface area contributed by atoms with Crippen molar-refractivity contribution in [1.82, 2.24) is 19.3 Å². The Bertz CT molecular complexity index is 1450. The number of fused-ring (bicyclic) bond motifs is 3. The van der Waals surface area contributed by atoms with Gasteiger partial charge in [0, 0.05) is 12.2 Å². The third kappa shape index (κ3) is 4.45. The molecule has 1 N–H and O–H groups in total. The van der Waals surface area contributed by atoms with Crippen molar-refractivity contribution >= 4 is 23.4 Å². The van der Waals surface area contributed by atoms with Crippen molar-refractivity contribution in [2.45, 2.75) is 49.6 Å². The summed E-state index contributed by atoms with van der Waals surface area (Å²) >= 11 is 1.34. The van der Waals surface area contributed by atoms with Gasteiger partial charge in [-0.3, -0.25) is 9.59 Å². The minimum Gasteiger partial charge on any atom is -0.324 e. The number of carbonyl (C=O) groups is 1. The molecule has 0 fully saturated rings. The molecule has 0 aromatic heterocycles. The Morgan fingerprint density at radius 3 is 2.69 bits per heavy atom. The highest BCUT2D eigenvalue weighted by molar-refractivity contribution is 8.00. The lowest BCUT2D eigenvalue weighted by Gasteiger charge is -2.20. The van der Waals surface area contributed by atoms with E-state index in [0.29, 0.717) is 33.5 Å². The average Bonchev–Trinajstić information content (AvgIpc) is 3.04. The van der Waals surface area contributed by atoms with Crippen LogP contribution in [-0.2, 0) is 17.8 Å². The Balaban J connectivity index is 1.52. The van der Waals surface area contributed by atoms with Crippen molar-refractivity contribution in [3.05, 3.63) is 76.2 Å². The van der Waals surface area contributed by atoms with Crippen LogP contribution in [0, 0.1) is 11.3 Å². The maximum absolute atomic E-state index is 13.4. The minimum absolute atomic E-state index is 0.167. The fourth-order valence-corrected chi connectivity index (χ4v) is 5.27. The molecule has 3 aliphatic heterocycles. The first-order chi connectivity index (χ1) is 17.1. The standard InChI is InChI=1S/C26H24N6O2S/c1-17(24(33)28-20-13-8-7-10-18(20)16-27)35-26-29-23-22(21-14-6-3-9-15-31(21)26)25(34)32(30-23)19-11-4-2-5-12-19/h2,4-5,7-8,10-13,17H,3,6,9,14-15H2,1H3,(H,28,33). The minimum atomic E-state index is -0.477. The Morgan fingerprint density at radius 1 is 1.11 bits per heavy atom. The van der Waals surface area contributed by atoms with E-state index in [1.54, 1.807) is 24.3 Å². The lowest BCUT2D eigenvalue weighted by Crippen LogP contribution is -2.24. The van der Waals surface area contributed by atoms with E-state index >= 15 is 0 Å². The predicted octanol–water partition coefficient (Wildman–Crippen LogP) is 4.25. The average molecular weight is 485 g/mol. The van der Waals surface area contributed by atoms with E-state index in [0.717, 1.165) is 37.9 Å². The molecule has 0 aliphatic carbocycles. The number of hydrogen-bond donors (Lipinski definition) is 1. The molecule has 0 bridgehead atoms. The highest BCUT2D eigenvalue weighted by atomic mass is 32.2. The molecule has 3 heterocycles. The van der Waals surface area contributed by atoms with Gasteiger partial charge in [-0.15, -0.1) is 5.10 Å². The molecule has 3 aliphatic rings. The van der Waals surface area contributed by atoms with Gasteiger partial charge in [-0.1, -0.05) is 48.5 Å². The van der Waals surface area contributed by atoms with Crippen molar-refractivity contribution in [2.24, 2.45) is 0 Å². The summed E-state index contributed by atoms with van der Waals surface area (Å²) in [4.78, 5) is 31.1. The number of hydrogen-bond acceptors (Lipinski definition) is 6. The summed E-state index contributed by atoms with van der Waals surface area (Å²) in [6, 6.07) is 18.4. The summed E-state index contributed by atoms with van der Waals surface area (Å²) in [5.74, 6) is 0.179. The molecule has 176 valence electrons. The SMILES string of the molecule is CC(Sc1nc2nn(-c3ccccc3)c(=O)c-2c2n1CCCCC2)C(=O)Nc1ccccc1C#N. The number of nitrogens with zero attached hydrogens (tertiary/aromatic N) is 5. The zero-order valence-corrected chi connectivity index (χ0v) is 20.1. The largest absolute Gasteiger partial charge is 0.324 e. The quantitative estimate of drug-likeness (QED) is 0.335. The number of nitriles is 1. The molecule has 8 nitrogen and oxygen atoms in total. The fraction of sp³-hybridized carbons (Fsp3) is 0.269. The van der Waals surface area contributed by atoms with Crippen molar-refractivity contribution in [3.8, 4) is 23.1 Å². The van der Waals surface area contributed by atoms with E-state index in [9.17, 15) is 14.9 Å². The molecule has 1 unspecified atom stereocenters. The Kier molecular flexibility index (Phi) is 6.38. The van der Waals surface area contributed by atoms with E-state index in [1.165, 1.54) is 16.4 Å². The Hall–Kier alpha value is -3.90. The molecule has 5 rings (SSSR count). The van der Waals surface area contributed by atoms with Gasteiger partial charge in [-0.25, -0.2) is 4.98 Å². The van der Waals surface area contributed by atoms with Crippen LogP contribution in [0.25, 0.3) is 17.1 Å². The molecule has 35 heavy (non-hydrogen) atoms. The Labute approximate surface area is 207 Å². The molecular weight excluding hydrogens is 460 g/mol. The lowest BCUT2D eigenvalue weighted by atomic mass is 10.1. The number of aromatic nitrogens is 4. The molecule has 9 heteroatoms. The number of thioether (sulfide) groups is 1. The summed E-state index contributed by atoms with van der Waals surface area (Å²) in [5, 5.41) is 16.9. The molecule has 1 atom stereocenters. The lowest BCUT2D eigenvalue weighted by molar-refractivity contribution is -0.115. The third-order valence-corrected chi connectivity index (χ3v) is 7.21. The van der Waals surface area contributed by atoms with E-state index in [-0.39, 0.29) is 11.5 Å². The molecular formula is C26H24N6O2S. The van der Waals surface area contributed by atoms with E-state index < -0.39 is 5.25 Å². The molecule has 2 aromatic rings. The normalized spacial score (nSPS) is 14.1. The van der Waals surface area contributed by atoms with E-state index in [2.05, 4.69) is 21.1 Å². The number of nitrogens with one attached hydrogen (secondary N) is 1. The predicted molar refractivity (Wildman–Crippen MR) is 135 cm³/mol. The van der Waals surface area contributed by atoms with Crippen LogP contribution in [0.1, 0.15) is 37.4 Å². The number of amides is 1. The summed E-state index contributed by atoms with van der Waals surface area (Å²) in [5.41, 5.74) is 2.92. The van der Waals surface area contributed by atoms with Gasteiger partial charge < -0.3 is 9.88 Å². The second kappa shape index (κ2) is 9.76. The van der Waals surface area contributed by atoms with Gasteiger partial charge in [0.25, 0.3) is 5.56 Å². The number of carbonyl (C=O) groups excluding carboxylic acids is 1. The fourth-order valence-electron chi connectivity index (χ4n) is 4.32. The second-order valence-electron chi connectivity index (χ2n) is 8.46. The Morgan fingerprint density at radius 2 is 1.89 bits per heavy atom. The molecule has 0 saturated carbocycles. The van der Waals surface area contributed by atoms with Crippen LogP contribution in [0.15, 0.2) is 64.5 Å².